The quantitative estimate of drug-likeness (QED) is 0.372. The largest absolute Gasteiger partial charge is 0.628 e. The fourth-order valence-corrected chi connectivity index (χ4v) is 5.63. The van der Waals surface area contributed by atoms with Gasteiger partial charge < -0.3 is 9.63 Å². The van der Waals surface area contributed by atoms with Gasteiger partial charge in [0.2, 0.25) is 0 Å². The first-order valence-electron chi connectivity index (χ1n) is 8.22. The van der Waals surface area contributed by atoms with Gasteiger partial charge in [-0.2, -0.15) is 0 Å². The highest BCUT2D eigenvalue weighted by molar-refractivity contribution is 14.1. The van der Waals surface area contributed by atoms with Gasteiger partial charge in [-0.25, -0.2) is 9.05 Å². The van der Waals surface area contributed by atoms with Gasteiger partial charge in [-0.15, -0.1) is 0 Å². The van der Waals surface area contributed by atoms with Crippen LogP contribution in [-0.4, -0.2) is 25.1 Å². The molecule has 2 aliphatic rings. The van der Waals surface area contributed by atoms with E-state index in [1.54, 1.807) is 17.9 Å². The predicted octanol–water partition coefficient (Wildman–Crippen LogP) is 4.20. The molecule has 0 N–H and O–H groups in total. The Hall–Kier alpha value is -0.530. The molecule has 7 heteroatoms. The molecule has 136 valence electrons. The number of hydrogen-bond donors (Lipinski definition) is 0. The van der Waals surface area contributed by atoms with E-state index < -0.39 is 13.5 Å². The Morgan fingerprint density at radius 2 is 1.92 bits per heavy atom. The van der Waals surface area contributed by atoms with Crippen molar-refractivity contribution in [1.82, 2.24) is 0 Å². The molecule has 1 aromatic rings. The van der Waals surface area contributed by atoms with Crippen LogP contribution in [0.15, 0.2) is 17.9 Å². The second-order valence-electron chi connectivity index (χ2n) is 7.48. The molecule has 0 bridgehead atoms. The fourth-order valence-electron chi connectivity index (χ4n) is 2.86. The van der Waals surface area contributed by atoms with E-state index in [4.69, 9.17) is 13.8 Å². The number of carbonyl (C=O) groups excluding carboxylic acids is 1. The summed E-state index contributed by atoms with van der Waals surface area (Å²) in [5.41, 5.74) is 1.30. The molecule has 25 heavy (non-hydrogen) atoms. The Kier molecular flexibility index (Phi) is 5.06. The average Bonchev–Trinajstić information content (AvgIpc) is 2.85. The number of aldehydes is 1. The summed E-state index contributed by atoms with van der Waals surface area (Å²) in [6, 6.07) is 3.56. The molecule has 0 aromatic heterocycles. The van der Waals surface area contributed by atoms with E-state index in [0.717, 1.165) is 21.0 Å². The van der Waals surface area contributed by atoms with E-state index in [2.05, 4.69) is 22.6 Å². The molecule has 0 saturated carbocycles. The van der Waals surface area contributed by atoms with Crippen molar-refractivity contribution in [1.29, 1.82) is 0 Å². The normalized spacial score (nSPS) is 28.5. The number of ether oxygens (including phenoxy) is 1. The fraction of sp³-hybridized carbons (Fsp3) is 0.500. The lowest BCUT2D eigenvalue weighted by atomic mass is 9.91. The minimum atomic E-state index is -3.36. The number of fused-ring (bicyclic) bond motifs is 1. The van der Waals surface area contributed by atoms with Gasteiger partial charge in [0.15, 0.2) is 0 Å². The third-order valence-electron chi connectivity index (χ3n) is 4.62. The maximum absolute atomic E-state index is 13.1. The van der Waals surface area contributed by atoms with Crippen LogP contribution in [-0.2, 0) is 9.05 Å². The third kappa shape index (κ3) is 3.65. The molecule has 0 spiro atoms. The molecule has 1 fully saturated rings. The highest BCUT2D eigenvalue weighted by atomic mass is 127. The Morgan fingerprint density at radius 3 is 2.48 bits per heavy atom. The molecule has 1 unspecified atom stereocenters. The standard InChI is InChI=1S/C18H22IO5P/c1-5-18(4)14(9-25(21)22-10-17(2,3)11-23-25)13-6-12(8-20)7-15(19)16(13)24-18/h6-9H,5,10-11H2,1-4H3/b14-9+. The van der Waals surface area contributed by atoms with E-state index in [1.807, 2.05) is 27.7 Å². The van der Waals surface area contributed by atoms with Crippen LogP contribution < -0.4 is 9.63 Å². The summed E-state index contributed by atoms with van der Waals surface area (Å²) in [4.78, 5) is 24.3. The summed E-state index contributed by atoms with van der Waals surface area (Å²) >= 11 is 2.15. The topological polar surface area (TPSA) is 67.8 Å². The number of benzene rings is 1. The summed E-state index contributed by atoms with van der Waals surface area (Å²) in [7, 11) is -3.36. The van der Waals surface area contributed by atoms with Gasteiger partial charge in [0, 0.05) is 22.1 Å². The second-order valence-corrected chi connectivity index (χ2v) is 10.5. The molecule has 1 saturated heterocycles. The Balaban J connectivity index is 2.08. The van der Waals surface area contributed by atoms with Crippen molar-refractivity contribution in [3.05, 3.63) is 32.6 Å². The van der Waals surface area contributed by atoms with Crippen LogP contribution in [0.4, 0.5) is 0 Å². The van der Waals surface area contributed by atoms with Crippen molar-refractivity contribution in [2.45, 2.75) is 39.7 Å². The summed E-state index contributed by atoms with van der Waals surface area (Å²) in [6.07, 6.45) is 1.49. The predicted molar refractivity (Wildman–Crippen MR) is 104 cm³/mol. The number of rotatable bonds is 3. The van der Waals surface area contributed by atoms with Crippen LogP contribution in [0.1, 0.15) is 50.0 Å². The van der Waals surface area contributed by atoms with Gasteiger partial charge in [0.1, 0.15) is 36.7 Å². The van der Waals surface area contributed by atoms with Crippen molar-refractivity contribution >= 4 is 42.4 Å². The zero-order valence-corrected chi connectivity index (χ0v) is 17.8. The summed E-state index contributed by atoms with van der Waals surface area (Å²) in [6.45, 7) is 8.72. The van der Waals surface area contributed by atoms with E-state index in [-0.39, 0.29) is 5.41 Å². The molecule has 5 nitrogen and oxygen atoms in total. The minimum Gasteiger partial charge on any atom is -0.628 e. The lowest BCUT2D eigenvalue weighted by molar-refractivity contribution is -0.228. The van der Waals surface area contributed by atoms with Gasteiger partial charge in [-0.05, 0) is 48.1 Å². The van der Waals surface area contributed by atoms with Crippen molar-refractivity contribution in [2.24, 2.45) is 5.41 Å². The minimum absolute atomic E-state index is 0.162. The van der Waals surface area contributed by atoms with Crippen molar-refractivity contribution in [3.63, 3.8) is 0 Å². The average molecular weight is 476 g/mol. The molecular formula is C18H22IO5P. The smallest absolute Gasteiger partial charge is 0.264 e. The van der Waals surface area contributed by atoms with Gasteiger partial charge in [-0.1, -0.05) is 20.8 Å². The lowest BCUT2D eigenvalue weighted by Crippen LogP contribution is -2.35. The molecule has 2 heterocycles. The van der Waals surface area contributed by atoms with Crippen molar-refractivity contribution in [2.75, 3.05) is 13.2 Å². The molecular weight excluding hydrogens is 454 g/mol. The maximum Gasteiger partial charge on any atom is 0.264 e. The first-order valence-corrected chi connectivity index (χ1v) is 10.9. The van der Waals surface area contributed by atoms with Crippen molar-refractivity contribution in [3.8, 4) is 5.75 Å². The van der Waals surface area contributed by atoms with Crippen LogP contribution in [0.2, 0.25) is 0 Å². The molecule has 1 aromatic carbocycles. The first-order chi connectivity index (χ1) is 11.6. The molecule has 0 aliphatic carbocycles. The second kappa shape index (κ2) is 6.57. The SMILES string of the molecule is CCC1(C)Oc2c(I)cc(C=O)cc2/C1=C\[P+]1([O-])OCC(C)(C)CO1. The third-order valence-corrected chi connectivity index (χ3v) is 6.98. The first kappa shape index (κ1) is 19.2. The number of halogens is 1. The van der Waals surface area contributed by atoms with Crippen LogP contribution in [0.5, 0.6) is 5.75 Å². The highest BCUT2D eigenvalue weighted by Crippen LogP contribution is 2.62. The van der Waals surface area contributed by atoms with E-state index in [9.17, 15) is 9.69 Å². The summed E-state index contributed by atoms with van der Waals surface area (Å²) in [5, 5.41) is 0. The van der Waals surface area contributed by atoms with Gasteiger partial charge in [0.05, 0.1) is 3.57 Å². The van der Waals surface area contributed by atoms with Crippen LogP contribution >= 0.6 is 30.5 Å². The monoisotopic (exact) mass is 476 g/mol. The van der Waals surface area contributed by atoms with Crippen LogP contribution in [0.25, 0.3) is 5.57 Å². The zero-order chi connectivity index (χ0) is 18.5. The van der Waals surface area contributed by atoms with E-state index >= 15 is 0 Å². The van der Waals surface area contributed by atoms with Crippen LogP contribution in [0.3, 0.4) is 0 Å². The summed E-state index contributed by atoms with van der Waals surface area (Å²) < 4.78 is 18.3. The van der Waals surface area contributed by atoms with Crippen molar-refractivity contribution < 1.29 is 23.5 Å². The Morgan fingerprint density at radius 1 is 1.28 bits per heavy atom. The van der Waals surface area contributed by atoms with Crippen LogP contribution in [0, 0.1) is 8.99 Å². The highest BCUT2D eigenvalue weighted by Gasteiger charge is 2.46. The molecule has 3 rings (SSSR count). The maximum atomic E-state index is 13.1. The molecule has 2 aliphatic heterocycles. The van der Waals surface area contributed by atoms with Gasteiger partial charge >= 0.3 is 0 Å². The number of carbonyl (C=O) groups is 1. The zero-order valence-electron chi connectivity index (χ0n) is 14.8. The Bertz CT molecular complexity index is 735. The van der Waals surface area contributed by atoms with Gasteiger partial charge in [-0.3, -0.25) is 4.79 Å². The molecule has 0 amide bonds. The number of hydrogen-bond acceptors (Lipinski definition) is 5. The molecule has 1 atom stereocenters. The van der Waals surface area contributed by atoms with E-state index in [1.165, 1.54) is 0 Å². The lowest BCUT2D eigenvalue weighted by Gasteiger charge is -2.37. The van der Waals surface area contributed by atoms with Gasteiger partial charge in [0.25, 0.3) is 7.94 Å². The Labute approximate surface area is 162 Å². The molecule has 0 radical (unpaired) electrons. The van der Waals surface area contributed by atoms with E-state index in [0.29, 0.717) is 30.9 Å². The summed E-state index contributed by atoms with van der Waals surface area (Å²) in [5.74, 6) is 2.30.